The number of ether oxygens (including phenoxy) is 1. The average molecular weight is 474 g/mol. The Hall–Kier alpha value is -4.26. The molecule has 1 atom stereocenters. The van der Waals surface area contributed by atoms with E-state index in [0.717, 1.165) is 0 Å². The third-order valence-electron chi connectivity index (χ3n) is 5.90. The highest BCUT2D eigenvalue weighted by atomic mass is 19.1. The van der Waals surface area contributed by atoms with Gasteiger partial charge in [0.25, 0.3) is 11.7 Å². The summed E-state index contributed by atoms with van der Waals surface area (Å²) in [6.45, 7) is 3.61. The number of nitrogens with zero attached hydrogens (tertiary/aromatic N) is 1. The fourth-order valence-electron chi connectivity index (χ4n) is 4.13. The number of rotatable bonds is 6. The second-order valence-corrected chi connectivity index (χ2v) is 8.22. The number of likely N-dealkylation sites (tertiary alicyclic amines) is 1. The summed E-state index contributed by atoms with van der Waals surface area (Å²) in [7, 11) is 0. The number of aliphatic hydroxyl groups is 1. The van der Waals surface area contributed by atoms with E-state index in [0.29, 0.717) is 22.3 Å². The van der Waals surface area contributed by atoms with Gasteiger partial charge in [0.15, 0.2) is 0 Å². The molecule has 0 radical (unpaired) electrons. The van der Waals surface area contributed by atoms with Crippen molar-refractivity contribution >= 4 is 23.4 Å². The number of carbonyl (C=O) groups excluding carboxylic acids is 3. The maximum Gasteiger partial charge on any atom is 0.338 e. The summed E-state index contributed by atoms with van der Waals surface area (Å²) in [5.74, 6) is -2.82. The Kier molecular flexibility index (Phi) is 6.78. The quantitative estimate of drug-likeness (QED) is 0.237. The highest BCUT2D eigenvalue weighted by Gasteiger charge is 2.46. The molecular weight excluding hydrogens is 449 g/mol. The van der Waals surface area contributed by atoms with Crippen molar-refractivity contribution in [3.05, 3.63) is 112 Å². The van der Waals surface area contributed by atoms with Crippen LogP contribution in [0.1, 0.15) is 45.6 Å². The van der Waals surface area contributed by atoms with E-state index in [1.54, 1.807) is 62.4 Å². The number of aryl methyl sites for hydroxylation is 1. The maximum atomic E-state index is 13.8. The van der Waals surface area contributed by atoms with Crippen LogP contribution >= 0.6 is 0 Å². The van der Waals surface area contributed by atoms with E-state index < -0.39 is 29.5 Å². The van der Waals surface area contributed by atoms with E-state index in [4.69, 9.17) is 4.74 Å². The van der Waals surface area contributed by atoms with Gasteiger partial charge in [0.05, 0.1) is 23.8 Å². The number of Topliss-reactive ketones (excluding diaryl/α,β-unsaturated/α-hetero) is 1. The number of hydrogen-bond acceptors (Lipinski definition) is 5. The molecule has 0 aromatic heterocycles. The number of amides is 1. The molecular formula is C28H24FNO5. The molecule has 3 aromatic rings. The number of ketones is 1. The smallest absolute Gasteiger partial charge is 0.338 e. The fraction of sp³-hybridized carbons (Fsp3) is 0.179. The molecule has 1 aliphatic rings. The zero-order valence-corrected chi connectivity index (χ0v) is 19.3. The van der Waals surface area contributed by atoms with E-state index in [-0.39, 0.29) is 30.0 Å². The predicted octanol–water partition coefficient (Wildman–Crippen LogP) is 4.93. The molecule has 178 valence electrons. The van der Waals surface area contributed by atoms with Crippen molar-refractivity contribution in [3.8, 4) is 0 Å². The zero-order chi connectivity index (χ0) is 25.1. The average Bonchev–Trinajstić information content (AvgIpc) is 3.11. The molecule has 35 heavy (non-hydrogen) atoms. The van der Waals surface area contributed by atoms with Crippen LogP contribution in [-0.2, 0) is 20.9 Å². The third kappa shape index (κ3) is 4.71. The number of hydrogen-bond donors (Lipinski definition) is 1. The molecule has 1 saturated heterocycles. The van der Waals surface area contributed by atoms with Gasteiger partial charge in [0.1, 0.15) is 11.6 Å². The zero-order valence-electron chi connectivity index (χ0n) is 19.3. The van der Waals surface area contributed by atoms with E-state index in [9.17, 15) is 23.9 Å². The monoisotopic (exact) mass is 473 g/mol. The van der Waals surface area contributed by atoms with Gasteiger partial charge in [-0.1, -0.05) is 42.5 Å². The lowest BCUT2D eigenvalue weighted by molar-refractivity contribution is -0.140. The van der Waals surface area contributed by atoms with Crippen molar-refractivity contribution in [3.63, 3.8) is 0 Å². The Morgan fingerprint density at radius 3 is 2.29 bits per heavy atom. The summed E-state index contributed by atoms with van der Waals surface area (Å²) in [6, 6.07) is 18.7. The van der Waals surface area contributed by atoms with Crippen molar-refractivity contribution in [2.45, 2.75) is 26.4 Å². The van der Waals surface area contributed by atoms with E-state index in [2.05, 4.69) is 0 Å². The molecule has 1 amide bonds. The molecule has 1 N–H and O–H groups in total. The van der Waals surface area contributed by atoms with E-state index >= 15 is 0 Å². The lowest BCUT2D eigenvalue weighted by Crippen LogP contribution is -2.29. The van der Waals surface area contributed by atoms with Crippen molar-refractivity contribution < 1.29 is 28.6 Å². The SMILES string of the molecule is CCOC(=O)c1ccc(CN2C(=O)C(=O)/C(=C(\O)c3ccc(F)c(C)c3)C2c2ccccc2)cc1. The second-order valence-electron chi connectivity index (χ2n) is 8.22. The van der Waals surface area contributed by atoms with Gasteiger partial charge in [-0.05, 0) is 60.9 Å². The van der Waals surface area contributed by atoms with Gasteiger partial charge in [0, 0.05) is 12.1 Å². The molecule has 1 aliphatic heterocycles. The Labute approximate surface area is 202 Å². The summed E-state index contributed by atoms with van der Waals surface area (Å²) in [6.07, 6.45) is 0. The molecule has 4 rings (SSSR count). The Balaban J connectivity index is 1.76. The first-order valence-corrected chi connectivity index (χ1v) is 11.2. The predicted molar refractivity (Wildman–Crippen MR) is 128 cm³/mol. The second kappa shape index (κ2) is 9.93. The van der Waals surface area contributed by atoms with Crippen LogP contribution in [0.3, 0.4) is 0 Å². The van der Waals surface area contributed by atoms with Gasteiger partial charge in [-0.15, -0.1) is 0 Å². The third-order valence-corrected chi connectivity index (χ3v) is 5.90. The minimum absolute atomic E-state index is 0.0599. The van der Waals surface area contributed by atoms with Gasteiger partial charge in [-0.2, -0.15) is 0 Å². The Bertz CT molecular complexity index is 1310. The summed E-state index contributed by atoms with van der Waals surface area (Å²) in [5, 5.41) is 11.1. The lowest BCUT2D eigenvalue weighted by Gasteiger charge is -2.25. The molecule has 7 heteroatoms. The first-order chi connectivity index (χ1) is 16.8. The van der Waals surface area contributed by atoms with Crippen LogP contribution in [0.5, 0.6) is 0 Å². The summed E-state index contributed by atoms with van der Waals surface area (Å²) >= 11 is 0. The normalized spacial score (nSPS) is 17.0. The molecule has 3 aromatic carbocycles. The van der Waals surface area contributed by atoms with Crippen molar-refractivity contribution in [1.29, 1.82) is 0 Å². The summed E-state index contributed by atoms with van der Waals surface area (Å²) in [4.78, 5) is 39.6. The van der Waals surface area contributed by atoms with Gasteiger partial charge >= 0.3 is 5.97 Å². The molecule has 0 aliphatic carbocycles. The summed E-state index contributed by atoms with van der Waals surface area (Å²) in [5.41, 5.74) is 2.22. The van der Waals surface area contributed by atoms with Crippen LogP contribution in [0.15, 0.2) is 78.4 Å². The number of aliphatic hydroxyl groups excluding tert-OH is 1. The van der Waals surface area contributed by atoms with Gasteiger partial charge in [0.2, 0.25) is 0 Å². The van der Waals surface area contributed by atoms with Gasteiger partial charge in [-0.3, -0.25) is 9.59 Å². The fourth-order valence-corrected chi connectivity index (χ4v) is 4.13. The standard InChI is InChI=1S/C28H24FNO5/c1-3-35-28(34)20-11-9-18(10-12-20)16-30-24(19-7-5-4-6-8-19)23(26(32)27(30)33)25(31)21-13-14-22(29)17(2)15-21/h4-15,24,31H,3,16H2,1-2H3/b25-23-. The Morgan fingerprint density at radius 1 is 1.00 bits per heavy atom. The van der Waals surface area contributed by atoms with Crippen LogP contribution in [0.2, 0.25) is 0 Å². The molecule has 1 heterocycles. The molecule has 0 bridgehead atoms. The van der Waals surface area contributed by atoms with Crippen LogP contribution in [0, 0.1) is 12.7 Å². The van der Waals surface area contributed by atoms with Crippen LogP contribution < -0.4 is 0 Å². The topological polar surface area (TPSA) is 83.9 Å². The Morgan fingerprint density at radius 2 is 1.66 bits per heavy atom. The minimum Gasteiger partial charge on any atom is -0.507 e. The first-order valence-electron chi connectivity index (χ1n) is 11.2. The maximum absolute atomic E-state index is 13.8. The van der Waals surface area contributed by atoms with E-state index in [1.165, 1.54) is 23.1 Å². The largest absolute Gasteiger partial charge is 0.507 e. The van der Waals surface area contributed by atoms with Crippen molar-refractivity contribution in [1.82, 2.24) is 4.90 Å². The van der Waals surface area contributed by atoms with Crippen LogP contribution in [-0.4, -0.2) is 34.3 Å². The highest BCUT2D eigenvalue weighted by Crippen LogP contribution is 2.40. The summed E-state index contributed by atoms with van der Waals surface area (Å²) < 4.78 is 18.8. The van der Waals surface area contributed by atoms with E-state index in [1.807, 2.05) is 6.07 Å². The first kappa shape index (κ1) is 23.9. The number of esters is 1. The molecule has 0 saturated carbocycles. The van der Waals surface area contributed by atoms with Crippen LogP contribution in [0.4, 0.5) is 4.39 Å². The van der Waals surface area contributed by atoms with Gasteiger partial charge < -0.3 is 14.7 Å². The van der Waals surface area contributed by atoms with Crippen molar-refractivity contribution in [2.75, 3.05) is 6.61 Å². The van der Waals surface area contributed by atoms with Crippen molar-refractivity contribution in [2.24, 2.45) is 0 Å². The van der Waals surface area contributed by atoms with Crippen LogP contribution in [0.25, 0.3) is 5.76 Å². The molecule has 0 spiro atoms. The molecule has 1 fully saturated rings. The number of carbonyl (C=O) groups is 3. The number of benzene rings is 3. The molecule has 1 unspecified atom stereocenters. The number of halogens is 1. The van der Waals surface area contributed by atoms with Gasteiger partial charge in [-0.25, -0.2) is 9.18 Å². The highest BCUT2D eigenvalue weighted by molar-refractivity contribution is 6.46. The molecule has 6 nitrogen and oxygen atoms in total. The lowest BCUT2D eigenvalue weighted by atomic mass is 9.94. The minimum atomic E-state index is -0.841.